The van der Waals surface area contributed by atoms with E-state index in [4.69, 9.17) is 23.7 Å². The van der Waals surface area contributed by atoms with Gasteiger partial charge in [0.15, 0.2) is 0 Å². The fourth-order valence-corrected chi connectivity index (χ4v) is 6.70. The van der Waals surface area contributed by atoms with Crippen LogP contribution in [0.4, 0.5) is 0 Å². The molecule has 0 unspecified atom stereocenters. The number of rotatable bonds is 14. The highest BCUT2D eigenvalue weighted by molar-refractivity contribution is 5.89. The first-order chi connectivity index (χ1) is 25.2. The van der Waals surface area contributed by atoms with E-state index in [1.54, 1.807) is 45.4 Å². The van der Waals surface area contributed by atoms with Crippen LogP contribution in [0.1, 0.15) is 58.1 Å². The van der Waals surface area contributed by atoms with Crippen molar-refractivity contribution >= 4 is 5.97 Å². The SMILES string of the molecule is COc1ccc(C(OC[C@H]2O[C@@H](n3cc(C)c(=O)[nH]c3=O)C[C@@]2(O)CCCOC(=O)c2ccccc2)(c2ccccc2)c2ccc(OC)cc2)cc1. The minimum atomic E-state index is -1.52. The van der Waals surface area contributed by atoms with Crippen molar-refractivity contribution in [2.45, 2.75) is 49.7 Å². The Kier molecular flexibility index (Phi) is 11.0. The van der Waals surface area contributed by atoms with Gasteiger partial charge in [0.1, 0.15) is 29.4 Å². The summed E-state index contributed by atoms with van der Waals surface area (Å²) in [5, 5.41) is 12.4. The maximum Gasteiger partial charge on any atom is 0.338 e. The second-order valence-corrected chi connectivity index (χ2v) is 12.8. The number of methoxy groups -OCH3 is 2. The average molecular weight is 707 g/mol. The van der Waals surface area contributed by atoms with Gasteiger partial charge in [0.2, 0.25) is 0 Å². The van der Waals surface area contributed by atoms with Crippen LogP contribution < -0.4 is 20.7 Å². The van der Waals surface area contributed by atoms with Crippen molar-refractivity contribution in [3.8, 4) is 11.5 Å². The number of esters is 1. The third kappa shape index (κ3) is 7.57. The first-order valence-electron chi connectivity index (χ1n) is 17.1. The van der Waals surface area contributed by atoms with Crippen LogP contribution in [0.2, 0.25) is 0 Å². The lowest BCUT2D eigenvalue weighted by atomic mass is 9.79. The van der Waals surface area contributed by atoms with Gasteiger partial charge < -0.3 is 28.8 Å². The molecule has 2 N–H and O–H groups in total. The summed E-state index contributed by atoms with van der Waals surface area (Å²) in [7, 11) is 3.21. The Morgan fingerprint density at radius 3 is 2.00 bits per heavy atom. The van der Waals surface area contributed by atoms with Crippen molar-refractivity contribution in [2.75, 3.05) is 27.4 Å². The van der Waals surface area contributed by atoms with Crippen LogP contribution in [0.3, 0.4) is 0 Å². The highest BCUT2D eigenvalue weighted by Crippen LogP contribution is 2.45. The van der Waals surface area contributed by atoms with E-state index in [0.29, 0.717) is 29.0 Å². The second kappa shape index (κ2) is 15.8. The molecule has 0 radical (unpaired) electrons. The van der Waals surface area contributed by atoms with E-state index >= 15 is 0 Å². The molecule has 2 heterocycles. The summed E-state index contributed by atoms with van der Waals surface area (Å²) in [6, 6.07) is 33.6. The average Bonchev–Trinajstić information content (AvgIpc) is 3.51. The zero-order valence-electron chi connectivity index (χ0n) is 29.3. The molecule has 0 amide bonds. The number of aromatic amines is 1. The summed E-state index contributed by atoms with van der Waals surface area (Å²) in [4.78, 5) is 40.1. The Bertz CT molecular complexity index is 2020. The number of hydrogen-bond acceptors (Lipinski definition) is 9. The van der Waals surface area contributed by atoms with Gasteiger partial charge in [0.05, 0.1) is 38.6 Å². The lowest BCUT2D eigenvalue weighted by Gasteiger charge is -2.38. The molecule has 11 heteroatoms. The van der Waals surface area contributed by atoms with Crippen LogP contribution in [0.25, 0.3) is 0 Å². The second-order valence-electron chi connectivity index (χ2n) is 12.8. The molecular formula is C41H42N2O9. The minimum Gasteiger partial charge on any atom is -0.497 e. The number of carbonyl (C=O) groups is 1. The lowest BCUT2D eigenvalue weighted by molar-refractivity contribution is -0.123. The van der Waals surface area contributed by atoms with Crippen LogP contribution in [-0.2, 0) is 19.8 Å². The molecular weight excluding hydrogens is 664 g/mol. The summed E-state index contributed by atoms with van der Waals surface area (Å²) in [5.74, 6) is 0.882. The molecule has 5 aromatic rings. The predicted octanol–water partition coefficient (Wildman–Crippen LogP) is 5.53. The summed E-state index contributed by atoms with van der Waals surface area (Å²) in [5.41, 5.74) is -0.707. The van der Waals surface area contributed by atoms with E-state index in [0.717, 1.165) is 16.7 Å². The van der Waals surface area contributed by atoms with Gasteiger partial charge in [-0.15, -0.1) is 0 Å². The van der Waals surface area contributed by atoms with E-state index in [1.165, 1.54) is 10.8 Å². The van der Waals surface area contributed by atoms with E-state index in [9.17, 15) is 19.5 Å². The number of ether oxygens (including phenoxy) is 5. The van der Waals surface area contributed by atoms with Crippen LogP contribution in [-0.4, -0.2) is 59.8 Å². The number of nitrogens with one attached hydrogen (secondary N) is 1. The third-order valence-corrected chi connectivity index (χ3v) is 9.53. The smallest absolute Gasteiger partial charge is 0.338 e. The zero-order chi connectivity index (χ0) is 36.7. The number of benzene rings is 4. The Morgan fingerprint density at radius 2 is 1.42 bits per heavy atom. The molecule has 0 spiro atoms. The fraction of sp³-hybridized carbons (Fsp3) is 0.293. The minimum absolute atomic E-state index is 0.0163. The quantitative estimate of drug-likeness (QED) is 0.0868. The third-order valence-electron chi connectivity index (χ3n) is 9.53. The standard InChI is InChI=1S/C41H42N2O9/c1-28-26-43(39(46)42-37(28)44)36-25-40(47,23-10-24-50-38(45)29-11-6-4-7-12-29)35(52-36)27-51-41(30-13-8-5-9-14-30,31-15-19-33(48-2)20-16-31)32-17-21-34(49-3)22-18-32/h4-9,11-22,26,35-36,47H,10,23-25,27H2,1-3H3,(H,42,44,46)/t35-,36-,40+/m1/s1. The monoisotopic (exact) mass is 706 g/mol. The van der Waals surface area contributed by atoms with Crippen LogP contribution >= 0.6 is 0 Å². The van der Waals surface area contributed by atoms with Gasteiger partial charge in [-0.05, 0) is 72.9 Å². The normalized spacial score (nSPS) is 18.5. The predicted molar refractivity (Wildman–Crippen MR) is 194 cm³/mol. The van der Waals surface area contributed by atoms with Gasteiger partial charge in [-0.1, -0.05) is 72.8 Å². The number of aromatic nitrogens is 2. The van der Waals surface area contributed by atoms with E-state index in [2.05, 4.69) is 4.98 Å². The first-order valence-corrected chi connectivity index (χ1v) is 17.1. The van der Waals surface area contributed by atoms with Gasteiger partial charge in [0.25, 0.3) is 5.56 Å². The zero-order valence-corrected chi connectivity index (χ0v) is 29.3. The molecule has 4 aromatic carbocycles. The van der Waals surface area contributed by atoms with Crippen LogP contribution in [0, 0.1) is 6.92 Å². The lowest BCUT2D eigenvalue weighted by Crippen LogP contribution is -2.44. The van der Waals surface area contributed by atoms with Gasteiger partial charge in [0, 0.05) is 18.2 Å². The maximum absolute atomic E-state index is 13.0. The number of nitrogens with zero attached hydrogens (tertiary/aromatic N) is 1. The van der Waals surface area contributed by atoms with E-state index < -0.39 is 40.8 Å². The van der Waals surface area contributed by atoms with Crippen molar-refractivity contribution in [1.82, 2.24) is 9.55 Å². The highest BCUT2D eigenvalue weighted by atomic mass is 16.6. The number of aliphatic hydroxyl groups is 1. The van der Waals surface area contributed by atoms with Crippen LogP contribution in [0.5, 0.6) is 11.5 Å². The Morgan fingerprint density at radius 1 is 0.865 bits per heavy atom. The molecule has 1 fully saturated rings. The molecule has 6 rings (SSSR count). The van der Waals surface area contributed by atoms with E-state index in [1.807, 2.05) is 84.9 Å². The number of carbonyl (C=O) groups excluding carboxylic acids is 1. The summed E-state index contributed by atoms with van der Waals surface area (Å²) in [6.45, 7) is 1.54. The molecule has 270 valence electrons. The first kappa shape index (κ1) is 36.3. The number of aryl methyl sites for hydroxylation is 1. The molecule has 0 aliphatic carbocycles. The van der Waals surface area contributed by atoms with Crippen molar-refractivity contribution in [2.24, 2.45) is 0 Å². The van der Waals surface area contributed by atoms with Gasteiger partial charge in [-0.3, -0.25) is 14.3 Å². The maximum atomic E-state index is 13.0. The molecule has 1 aromatic heterocycles. The number of hydrogen-bond donors (Lipinski definition) is 2. The van der Waals surface area contributed by atoms with E-state index in [-0.39, 0.29) is 26.1 Å². The molecule has 1 saturated heterocycles. The molecule has 52 heavy (non-hydrogen) atoms. The molecule has 1 aliphatic heterocycles. The Balaban J connectivity index is 1.35. The summed E-state index contributed by atoms with van der Waals surface area (Å²) < 4.78 is 31.3. The number of H-pyrrole nitrogens is 1. The van der Waals surface area contributed by atoms with Crippen LogP contribution in [0.15, 0.2) is 125 Å². The molecule has 3 atom stereocenters. The van der Waals surface area contributed by atoms with Gasteiger partial charge in [-0.2, -0.15) is 0 Å². The molecule has 11 nitrogen and oxygen atoms in total. The summed E-state index contributed by atoms with van der Waals surface area (Å²) in [6.07, 6.45) is 0.0626. The van der Waals surface area contributed by atoms with Gasteiger partial charge in [-0.25, -0.2) is 9.59 Å². The summed E-state index contributed by atoms with van der Waals surface area (Å²) >= 11 is 0. The largest absolute Gasteiger partial charge is 0.497 e. The topological polar surface area (TPSA) is 138 Å². The molecule has 1 aliphatic rings. The van der Waals surface area contributed by atoms with Crippen molar-refractivity contribution in [3.63, 3.8) is 0 Å². The van der Waals surface area contributed by atoms with Gasteiger partial charge >= 0.3 is 11.7 Å². The Labute approximate surface area is 301 Å². The van der Waals surface area contributed by atoms with Crippen molar-refractivity contribution in [1.29, 1.82) is 0 Å². The molecule has 0 bridgehead atoms. The highest BCUT2D eigenvalue weighted by Gasteiger charge is 2.50. The molecule has 0 saturated carbocycles. The Hall–Kier alpha value is -5.49. The van der Waals surface area contributed by atoms with Crippen molar-refractivity contribution < 1.29 is 33.6 Å². The fourth-order valence-electron chi connectivity index (χ4n) is 6.70. The van der Waals surface area contributed by atoms with Crippen molar-refractivity contribution in [3.05, 3.63) is 164 Å².